The molecule has 0 heterocycles. The van der Waals surface area contributed by atoms with Crippen LogP contribution in [0.3, 0.4) is 0 Å². The van der Waals surface area contributed by atoms with Crippen molar-refractivity contribution in [2.75, 3.05) is 13.2 Å². The van der Waals surface area contributed by atoms with Gasteiger partial charge in [-0.3, -0.25) is 9.59 Å². The van der Waals surface area contributed by atoms with Crippen molar-refractivity contribution in [3.63, 3.8) is 0 Å². The summed E-state index contributed by atoms with van der Waals surface area (Å²) in [6.45, 7) is 8.89. The first-order valence-electron chi connectivity index (χ1n) is 12.4. The highest BCUT2D eigenvalue weighted by Crippen LogP contribution is 2.31. The number of nitrogens with one attached hydrogen (secondary N) is 1. The van der Waals surface area contributed by atoms with Crippen LogP contribution < -0.4 is 10.1 Å². The highest BCUT2D eigenvalue weighted by atomic mass is 79.9. The first-order chi connectivity index (χ1) is 17.6. The Hall–Kier alpha value is -2.64. The lowest BCUT2D eigenvalue weighted by Crippen LogP contribution is -2.51. The molecule has 0 radical (unpaired) electrons. The lowest BCUT2D eigenvalue weighted by atomic mass is 9.87. The Balaban J connectivity index is 1.88. The van der Waals surface area contributed by atoms with Crippen LogP contribution in [0.15, 0.2) is 81.7 Å². The minimum atomic E-state index is -0.686. The summed E-state index contributed by atoms with van der Waals surface area (Å²) in [5, 5.41) is 2.91. The Morgan fingerprint density at radius 2 is 1.62 bits per heavy atom. The topological polar surface area (TPSA) is 58.6 Å². The van der Waals surface area contributed by atoms with Crippen molar-refractivity contribution < 1.29 is 14.3 Å². The number of hydrogen-bond acceptors (Lipinski definition) is 3. The van der Waals surface area contributed by atoms with Crippen LogP contribution in [-0.2, 0) is 28.0 Å². The molecule has 0 aromatic heterocycles. The van der Waals surface area contributed by atoms with E-state index in [4.69, 9.17) is 4.74 Å². The summed E-state index contributed by atoms with van der Waals surface area (Å²) in [4.78, 5) is 28.5. The normalized spacial score (nSPS) is 12.1. The Morgan fingerprint density at radius 1 is 0.946 bits per heavy atom. The van der Waals surface area contributed by atoms with Crippen molar-refractivity contribution in [1.29, 1.82) is 0 Å². The summed E-state index contributed by atoms with van der Waals surface area (Å²) in [5.74, 6) is 0.136. The van der Waals surface area contributed by atoms with Crippen LogP contribution in [0.2, 0.25) is 0 Å². The van der Waals surface area contributed by atoms with Gasteiger partial charge in [-0.15, -0.1) is 0 Å². The molecule has 0 aliphatic rings. The number of ether oxygens (including phenoxy) is 1. The van der Waals surface area contributed by atoms with Gasteiger partial charge in [0.1, 0.15) is 11.8 Å². The van der Waals surface area contributed by atoms with Crippen LogP contribution in [0.4, 0.5) is 0 Å². The summed E-state index contributed by atoms with van der Waals surface area (Å²) in [6, 6.07) is 22.7. The van der Waals surface area contributed by atoms with Crippen molar-refractivity contribution in [2.45, 2.75) is 52.1 Å². The van der Waals surface area contributed by atoms with Crippen molar-refractivity contribution in [3.8, 4) is 5.75 Å². The molecule has 0 aliphatic carbocycles. The van der Waals surface area contributed by atoms with E-state index in [9.17, 15) is 9.59 Å². The summed E-state index contributed by atoms with van der Waals surface area (Å²) >= 11 is 7.05. The molecule has 3 rings (SSSR count). The largest absolute Gasteiger partial charge is 0.483 e. The van der Waals surface area contributed by atoms with Gasteiger partial charge in [0, 0.05) is 24.0 Å². The Bertz CT molecular complexity index is 1190. The number of carbonyl (C=O) groups is 2. The number of hydrogen-bond donors (Lipinski definition) is 1. The molecule has 1 atom stereocenters. The average Bonchev–Trinajstić information content (AvgIpc) is 2.86. The zero-order chi connectivity index (χ0) is 27.0. The second-order valence-electron chi connectivity index (χ2n) is 9.93. The fourth-order valence-corrected chi connectivity index (χ4v) is 4.70. The molecule has 5 nitrogen and oxygen atoms in total. The van der Waals surface area contributed by atoms with Gasteiger partial charge >= 0.3 is 0 Å². The van der Waals surface area contributed by atoms with Crippen LogP contribution >= 0.6 is 31.9 Å². The summed E-state index contributed by atoms with van der Waals surface area (Å²) in [7, 11) is 0. The fraction of sp³-hybridized carbons (Fsp3) is 0.333. The Kier molecular flexibility index (Phi) is 10.4. The molecule has 0 unspecified atom stereocenters. The number of carbonyl (C=O) groups excluding carboxylic acids is 2. The van der Waals surface area contributed by atoms with Gasteiger partial charge in [0.25, 0.3) is 5.91 Å². The van der Waals surface area contributed by atoms with Crippen LogP contribution in [0.25, 0.3) is 0 Å². The van der Waals surface area contributed by atoms with E-state index in [0.717, 1.165) is 25.6 Å². The van der Waals surface area contributed by atoms with Gasteiger partial charge in [0.05, 0.1) is 4.47 Å². The van der Waals surface area contributed by atoms with Gasteiger partial charge in [0.2, 0.25) is 5.91 Å². The van der Waals surface area contributed by atoms with E-state index >= 15 is 0 Å². The molecule has 7 heteroatoms. The van der Waals surface area contributed by atoms with Crippen molar-refractivity contribution >= 4 is 43.7 Å². The molecule has 37 heavy (non-hydrogen) atoms. The smallest absolute Gasteiger partial charge is 0.261 e. The minimum Gasteiger partial charge on any atom is -0.483 e. The lowest BCUT2D eigenvalue weighted by molar-refractivity contribution is -0.142. The average molecular weight is 630 g/mol. The van der Waals surface area contributed by atoms with E-state index in [1.165, 1.54) is 0 Å². The van der Waals surface area contributed by atoms with Crippen molar-refractivity contribution in [1.82, 2.24) is 10.2 Å². The Morgan fingerprint density at radius 3 is 2.22 bits per heavy atom. The molecular formula is C30H34Br2N2O3. The second kappa shape index (κ2) is 13.2. The lowest BCUT2D eigenvalue weighted by Gasteiger charge is -2.31. The van der Waals surface area contributed by atoms with Crippen LogP contribution in [0.1, 0.15) is 44.4 Å². The van der Waals surface area contributed by atoms with E-state index in [1.54, 1.807) is 4.90 Å². The van der Waals surface area contributed by atoms with E-state index in [1.807, 2.05) is 79.7 Å². The summed E-state index contributed by atoms with van der Waals surface area (Å²) < 4.78 is 7.71. The predicted octanol–water partition coefficient (Wildman–Crippen LogP) is 6.66. The zero-order valence-corrected chi connectivity index (χ0v) is 24.9. The van der Waals surface area contributed by atoms with Crippen LogP contribution in [0.5, 0.6) is 5.75 Å². The summed E-state index contributed by atoms with van der Waals surface area (Å²) in [5.41, 5.74) is 3.06. The Labute approximate surface area is 236 Å². The third-order valence-corrected chi connectivity index (χ3v) is 7.19. The molecule has 0 fully saturated rings. The maximum atomic E-state index is 13.7. The van der Waals surface area contributed by atoms with E-state index in [2.05, 4.69) is 57.9 Å². The maximum Gasteiger partial charge on any atom is 0.261 e. The third kappa shape index (κ3) is 8.44. The van der Waals surface area contributed by atoms with E-state index < -0.39 is 6.04 Å². The van der Waals surface area contributed by atoms with Crippen molar-refractivity contribution in [3.05, 3.63) is 98.4 Å². The first kappa shape index (κ1) is 28.9. The predicted molar refractivity (Wildman–Crippen MR) is 156 cm³/mol. The first-order valence-corrected chi connectivity index (χ1v) is 14.0. The number of amides is 2. The molecule has 196 valence electrons. The van der Waals surface area contributed by atoms with Gasteiger partial charge in [-0.05, 0) is 69.2 Å². The molecule has 0 aliphatic heterocycles. The molecule has 0 saturated heterocycles. The standard InChI is InChI=1S/C30H34Br2N2O3/c1-5-33-29(36)26(17-21-9-7-6-8-10-21)34(19-22-11-14-24(31)15-12-22)28(35)20-37-27-16-13-23(18-25(27)32)30(2,3)4/h6-16,18,26H,5,17,19-20H2,1-4H3,(H,33,36)/t26-/m0/s1. The molecule has 3 aromatic carbocycles. The molecule has 0 saturated carbocycles. The second-order valence-corrected chi connectivity index (χ2v) is 11.7. The van der Waals surface area contributed by atoms with Gasteiger partial charge in [0.15, 0.2) is 6.61 Å². The summed E-state index contributed by atoms with van der Waals surface area (Å²) in [6.07, 6.45) is 0.402. The number of nitrogens with zero attached hydrogens (tertiary/aromatic N) is 1. The third-order valence-electron chi connectivity index (χ3n) is 6.04. The monoisotopic (exact) mass is 628 g/mol. The molecular weight excluding hydrogens is 596 g/mol. The van der Waals surface area contributed by atoms with Crippen LogP contribution in [0, 0.1) is 0 Å². The number of rotatable bonds is 10. The molecule has 0 spiro atoms. The van der Waals surface area contributed by atoms with Gasteiger partial charge in [-0.25, -0.2) is 0 Å². The molecule has 3 aromatic rings. The van der Waals surface area contributed by atoms with Gasteiger partial charge in [-0.2, -0.15) is 0 Å². The molecule has 0 bridgehead atoms. The number of likely N-dealkylation sites (N-methyl/N-ethyl adjacent to an activating group) is 1. The quantitative estimate of drug-likeness (QED) is 0.273. The number of benzene rings is 3. The maximum absolute atomic E-state index is 13.7. The van der Waals surface area contributed by atoms with E-state index in [0.29, 0.717) is 18.7 Å². The fourth-order valence-electron chi connectivity index (χ4n) is 3.94. The minimum absolute atomic E-state index is 0.00432. The SMILES string of the molecule is CCNC(=O)[C@H](Cc1ccccc1)N(Cc1ccc(Br)cc1)C(=O)COc1ccc(C(C)(C)C)cc1Br. The van der Waals surface area contributed by atoms with Gasteiger partial charge in [-0.1, -0.05) is 85.2 Å². The van der Waals surface area contributed by atoms with Crippen LogP contribution in [-0.4, -0.2) is 35.9 Å². The molecule has 1 N–H and O–H groups in total. The van der Waals surface area contributed by atoms with Gasteiger partial charge < -0.3 is 15.0 Å². The van der Waals surface area contributed by atoms with E-state index in [-0.39, 0.29) is 30.4 Å². The highest BCUT2D eigenvalue weighted by Gasteiger charge is 2.30. The molecule has 2 amide bonds. The highest BCUT2D eigenvalue weighted by molar-refractivity contribution is 9.10. The number of halogens is 2. The zero-order valence-electron chi connectivity index (χ0n) is 21.8. The van der Waals surface area contributed by atoms with Crippen molar-refractivity contribution in [2.24, 2.45) is 0 Å².